The number of amides is 1. The van der Waals surface area contributed by atoms with Crippen LogP contribution >= 0.6 is 0 Å². The minimum Gasteiger partial charge on any atom is -0.387 e. The highest BCUT2D eigenvalue weighted by molar-refractivity contribution is 5.93. The zero-order chi connectivity index (χ0) is 17.0. The molecule has 23 heavy (non-hydrogen) atoms. The monoisotopic (exact) mass is 324 g/mol. The number of hydrogen-bond donors (Lipinski definition) is 2. The first kappa shape index (κ1) is 17.0. The predicted molar refractivity (Wildman–Crippen MR) is 77.7 cm³/mol. The van der Waals surface area contributed by atoms with E-state index in [9.17, 15) is 23.1 Å². The molecule has 2 rings (SSSR count). The third-order valence-corrected chi connectivity index (χ3v) is 3.25. The van der Waals surface area contributed by atoms with E-state index in [1.807, 2.05) is 0 Å². The topological polar surface area (TPSA) is 62.2 Å². The molecular formula is C16H15F3N2O2. The summed E-state index contributed by atoms with van der Waals surface area (Å²) >= 11 is 0. The van der Waals surface area contributed by atoms with Gasteiger partial charge in [0.15, 0.2) is 0 Å². The first-order valence-corrected chi connectivity index (χ1v) is 6.84. The molecule has 0 radical (unpaired) electrons. The van der Waals surface area contributed by atoms with E-state index in [2.05, 4.69) is 10.3 Å². The molecule has 0 aliphatic heterocycles. The number of halogens is 3. The van der Waals surface area contributed by atoms with Gasteiger partial charge in [0.25, 0.3) is 5.91 Å². The zero-order valence-electron chi connectivity index (χ0n) is 12.3. The number of carbonyl (C=O) groups is 1. The van der Waals surface area contributed by atoms with Crippen molar-refractivity contribution in [2.75, 3.05) is 6.54 Å². The second-order valence-electron chi connectivity index (χ2n) is 5.00. The molecule has 4 nitrogen and oxygen atoms in total. The van der Waals surface area contributed by atoms with Gasteiger partial charge in [-0.3, -0.25) is 9.78 Å². The van der Waals surface area contributed by atoms with Crippen LogP contribution in [0.5, 0.6) is 0 Å². The minimum atomic E-state index is -4.57. The first-order chi connectivity index (χ1) is 10.8. The van der Waals surface area contributed by atoms with E-state index >= 15 is 0 Å². The Labute approximate surface area is 131 Å². The number of aliphatic hydroxyl groups is 1. The van der Waals surface area contributed by atoms with E-state index < -0.39 is 23.8 Å². The lowest BCUT2D eigenvalue weighted by atomic mass is 10.0. The van der Waals surface area contributed by atoms with E-state index in [1.165, 1.54) is 24.4 Å². The van der Waals surface area contributed by atoms with Gasteiger partial charge in [-0.15, -0.1) is 0 Å². The lowest BCUT2D eigenvalue weighted by Crippen LogP contribution is -2.29. The van der Waals surface area contributed by atoms with Crippen molar-refractivity contribution in [2.45, 2.75) is 19.2 Å². The number of carbonyl (C=O) groups excluding carboxylic acids is 1. The maximum atomic E-state index is 12.9. The molecule has 1 atom stereocenters. The molecule has 1 aromatic heterocycles. The van der Waals surface area contributed by atoms with Gasteiger partial charge in [-0.1, -0.05) is 18.2 Å². The quantitative estimate of drug-likeness (QED) is 0.909. The van der Waals surface area contributed by atoms with Crippen LogP contribution < -0.4 is 5.32 Å². The summed E-state index contributed by atoms with van der Waals surface area (Å²) in [5.41, 5.74) is -0.186. The van der Waals surface area contributed by atoms with Crippen molar-refractivity contribution in [3.63, 3.8) is 0 Å². The fraction of sp³-hybridized carbons (Fsp3) is 0.250. The number of alkyl halides is 3. The summed E-state index contributed by atoms with van der Waals surface area (Å²) in [4.78, 5) is 15.8. The zero-order valence-corrected chi connectivity index (χ0v) is 12.3. The predicted octanol–water partition coefficient (Wildman–Crippen LogP) is 2.87. The molecular weight excluding hydrogens is 309 g/mol. The number of pyridine rings is 1. The molecule has 0 saturated carbocycles. The second-order valence-corrected chi connectivity index (χ2v) is 5.00. The van der Waals surface area contributed by atoms with Crippen LogP contribution in [0.1, 0.15) is 33.3 Å². The van der Waals surface area contributed by atoms with Gasteiger partial charge in [-0.2, -0.15) is 13.2 Å². The van der Waals surface area contributed by atoms with E-state index in [4.69, 9.17) is 0 Å². The maximum absolute atomic E-state index is 12.9. The van der Waals surface area contributed by atoms with Crippen molar-refractivity contribution in [1.82, 2.24) is 10.3 Å². The van der Waals surface area contributed by atoms with E-state index in [-0.39, 0.29) is 17.7 Å². The van der Waals surface area contributed by atoms with Crippen LogP contribution in [0.3, 0.4) is 0 Å². The van der Waals surface area contributed by atoms with Gasteiger partial charge in [0.1, 0.15) is 0 Å². The van der Waals surface area contributed by atoms with Gasteiger partial charge >= 0.3 is 6.18 Å². The maximum Gasteiger partial charge on any atom is 0.416 e. The molecule has 0 aliphatic carbocycles. The van der Waals surface area contributed by atoms with Crippen molar-refractivity contribution in [3.05, 3.63) is 65.0 Å². The van der Waals surface area contributed by atoms with Crippen LogP contribution in [0.2, 0.25) is 0 Å². The first-order valence-electron chi connectivity index (χ1n) is 6.84. The highest BCUT2D eigenvalue weighted by atomic mass is 19.4. The number of hydrogen-bond acceptors (Lipinski definition) is 3. The molecule has 0 bridgehead atoms. The summed E-state index contributed by atoms with van der Waals surface area (Å²) in [6.45, 7) is 1.43. The Kier molecular flexibility index (Phi) is 5.00. The Morgan fingerprint density at radius 1 is 1.26 bits per heavy atom. The van der Waals surface area contributed by atoms with Crippen molar-refractivity contribution in [3.8, 4) is 0 Å². The molecule has 122 valence electrons. The molecule has 0 unspecified atom stereocenters. The smallest absolute Gasteiger partial charge is 0.387 e. The standard InChI is InChI=1S/C16H15F3N2O2/c1-10-6-7-11(8-20-10)15(23)21-9-14(22)12-4-2-3-5-13(12)16(17,18)19/h2-8,14,22H,9H2,1H3,(H,21,23)/t14-/m1/s1. The summed E-state index contributed by atoms with van der Waals surface area (Å²) in [6, 6.07) is 7.92. The van der Waals surface area contributed by atoms with Crippen molar-refractivity contribution in [2.24, 2.45) is 0 Å². The Balaban J connectivity index is 2.07. The summed E-state index contributed by atoms with van der Waals surface area (Å²) in [6.07, 6.45) is -4.67. The van der Waals surface area contributed by atoms with Gasteiger partial charge in [-0.05, 0) is 30.7 Å². The summed E-state index contributed by atoms with van der Waals surface area (Å²) in [5.74, 6) is -0.513. The Morgan fingerprint density at radius 3 is 2.57 bits per heavy atom. The van der Waals surface area contributed by atoms with Gasteiger partial charge in [0.2, 0.25) is 0 Å². The number of nitrogens with one attached hydrogen (secondary N) is 1. The normalized spacial score (nSPS) is 12.7. The van der Waals surface area contributed by atoms with Crippen LogP contribution in [-0.4, -0.2) is 22.5 Å². The van der Waals surface area contributed by atoms with Crippen molar-refractivity contribution < 1.29 is 23.1 Å². The fourth-order valence-corrected chi connectivity index (χ4v) is 2.05. The molecule has 1 heterocycles. The molecule has 1 aromatic carbocycles. The largest absolute Gasteiger partial charge is 0.416 e. The lowest BCUT2D eigenvalue weighted by molar-refractivity contribution is -0.139. The van der Waals surface area contributed by atoms with Crippen molar-refractivity contribution >= 4 is 5.91 Å². The second kappa shape index (κ2) is 6.78. The summed E-state index contributed by atoms with van der Waals surface area (Å²) in [5, 5.41) is 12.4. The molecule has 0 saturated heterocycles. The SMILES string of the molecule is Cc1ccc(C(=O)NC[C@@H](O)c2ccccc2C(F)(F)F)cn1. The summed E-state index contributed by atoms with van der Waals surface area (Å²) < 4.78 is 38.7. The highest BCUT2D eigenvalue weighted by Crippen LogP contribution is 2.34. The van der Waals surface area contributed by atoms with Crippen LogP contribution in [0.25, 0.3) is 0 Å². The Bertz CT molecular complexity index is 684. The molecule has 0 spiro atoms. The Morgan fingerprint density at radius 2 is 1.96 bits per heavy atom. The number of benzene rings is 1. The molecule has 2 aromatic rings. The molecule has 0 fully saturated rings. The van der Waals surface area contributed by atoms with E-state index in [1.54, 1.807) is 19.1 Å². The number of rotatable bonds is 4. The molecule has 2 N–H and O–H groups in total. The van der Waals surface area contributed by atoms with Crippen LogP contribution in [0, 0.1) is 6.92 Å². The number of aromatic nitrogens is 1. The summed E-state index contributed by atoms with van der Waals surface area (Å²) in [7, 11) is 0. The third kappa shape index (κ3) is 4.29. The number of aryl methyl sites for hydroxylation is 1. The van der Waals surface area contributed by atoms with E-state index in [0.717, 1.165) is 11.8 Å². The van der Waals surface area contributed by atoms with Gasteiger partial charge in [0, 0.05) is 18.4 Å². The molecule has 7 heteroatoms. The lowest BCUT2D eigenvalue weighted by Gasteiger charge is -2.17. The van der Waals surface area contributed by atoms with Gasteiger partial charge < -0.3 is 10.4 Å². The highest BCUT2D eigenvalue weighted by Gasteiger charge is 2.34. The number of aliphatic hydroxyl groups excluding tert-OH is 1. The van der Waals surface area contributed by atoms with E-state index in [0.29, 0.717) is 0 Å². The van der Waals surface area contributed by atoms with Gasteiger partial charge in [0.05, 0.1) is 17.2 Å². The third-order valence-electron chi connectivity index (χ3n) is 3.25. The minimum absolute atomic E-state index is 0.270. The average Bonchev–Trinajstić information content (AvgIpc) is 2.52. The fourth-order valence-electron chi connectivity index (χ4n) is 2.05. The number of nitrogens with zero attached hydrogens (tertiary/aromatic N) is 1. The average molecular weight is 324 g/mol. The molecule has 1 amide bonds. The van der Waals surface area contributed by atoms with Crippen LogP contribution in [-0.2, 0) is 6.18 Å². The van der Waals surface area contributed by atoms with Crippen LogP contribution in [0.4, 0.5) is 13.2 Å². The van der Waals surface area contributed by atoms with Gasteiger partial charge in [-0.25, -0.2) is 0 Å². The van der Waals surface area contributed by atoms with Crippen molar-refractivity contribution in [1.29, 1.82) is 0 Å². The molecule has 0 aliphatic rings. The Hall–Kier alpha value is -2.41. The van der Waals surface area contributed by atoms with Crippen LogP contribution in [0.15, 0.2) is 42.6 Å².